The van der Waals surface area contributed by atoms with Gasteiger partial charge in [0.15, 0.2) is 0 Å². The van der Waals surface area contributed by atoms with E-state index in [2.05, 4.69) is 22.9 Å². The third kappa shape index (κ3) is 2.52. The summed E-state index contributed by atoms with van der Waals surface area (Å²) in [5, 5.41) is 0. The van der Waals surface area contributed by atoms with E-state index in [1.165, 1.54) is 24.1 Å². The predicted octanol–water partition coefficient (Wildman–Crippen LogP) is 1.70. The Hall–Kier alpha value is -1.69. The molecular formula is C21H28N4O2. The van der Waals surface area contributed by atoms with Gasteiger partial charge in [0.2, 0.25) is 11.9 Å². The Kier molecular flexibility index (Phi) is 3.56. The smallest absolute Gasteiger partial charge is 0.226 e. The van der Waals surface area contributed by atoms with Crippen LogP contribution in [0.1, 0.15) is 36.9 Å². The van der Waals surface area contributed by atoms with Gasteiger partial charge in [-0.15, -0.1) is 0 Å². The van der Waals surface area contributed by atoms with E-state index in [1.54, 1.807) is 0 Å². The fourth-order valence-corrected chi connectivity index (χ4v) is 5.93. The minimum Gasteiger partial charge on any atom is -0.381 e. The van der Waals surface area contributed by atoms with E-state index in [4.69, 9.17) is 14.7 Å². The van der Waals surface area contributed by atoms with Gasteiger partial charge in [0.25, 0.3) is 0 Å². The van der Waals surface area contributed by atoms with Crippen molar-refractivity contribution < 1.29 is 9.53 Å². The Balaban J connectivity index is 1.15. The number of nitrogens with zero attached hydrogens (tertiary/aromatic N) is 4. The first-order valence-electron chi connectivity index (χ1n) is 10.7. The van der Waals surface area contributed by atoms with Crippen LogP contribution in [0, 0.1) is 29.6 Å². The lowest BCUT2D eigenvalue weighted by Gasteiger charge is -2.30. The molecule has 2 aliphatic carbocycles. The number of fused-ring (bicyclic) bond motifs is 4. The standard InChI is InChI=1S/C21H28N4O2/c1-12-2-4-24(5-3-12)21-22-7-14-15-9-25(8-13(15)6-18(14)23-21)20(26)19-16-10-27-11-17(16)19/h7,12-13,15-17,19H,2-6,8-11H2,1H3/t13?,15?,16-,17+,19?. The van der Waals surface area contributed by atoms with Crippen molar-refractivity contribution in [1.29, 1.82) is 0 Å². The number of aromatic nitrogens is 2. The molecule has 5 atom stereocenters. The van der Waals surface area contributed by atoms with Gasteiger partial charge in [-0.1, -0.05) is 6.92 Å². The highest BCUT2D eigenvalue weighted by Crippen LogP contribution is 2.53. The molecule has 0 N–H and O–H groups in total. The van der Waals surface area contributed by atoms with Crippen molar-refractivity contribution in [2.24, 2.45) is 29.6 Å². The van der Waals surface area contributed by atoms with Crippen molar-refractivity contribution in [2.75, 3.05) is 44.3 Å². The Morgan fingerprint density at radius 2 is 1.96 bits per heavy atom. The number of ether oxygens (including phenoxy) is 1. The molecule has 6 nitrogen and oxygen atoms in total. The molecule has 0 radical (unpaired) electrons. The maximum Gasteiger partial charge on any atom is 0.226 e. The van der Waals surface area contributed by atoms with Crippen LogP contribution < -0.4 is 4.90 Å². The minimum absolute atomic E-state index is 0.247. The number of likely N-dealkylation sites (tertiary alicyclic amines) is 1. The number of carbonyl (C=O) groups is 1. The van der Waals surface area contributed by atoms with E-state index in [9.17, 15) is 4.79 Å². The van der Waals surface area contributed by atoms with E-state index in [-0.39, 0.29) is 5.92 Å². The van der Waals surface area contributed by atoms with Gasteiger partial charge in [-0.25, -0.2) is 9.97 Å². The third-order valence-corrected chi connectivity index (χ3v) is 7.80. The van der Waals surface area contributed by atoms with Gasteiger partial charge >= 0.3 is 0 Å². The van der Waals surface area contributed by atoms with Crippen molar-refractivity contribution in [3.05, 3.63) is 17.5 Å². The maximum atomic E-state index is 12.9. The molecule has 3 saturated heterocycles. The zero-order chi connectivity index (χ0) is 18.1. The summed E-state index contributed by atoms with van der Waals surface area (Å²) in [6, 6.07) is 0. The summed E-state index contributed by atoms with van der Waals surface area (Å²) in [5.41, 5.74) is 2.53. The van der Waals surface area contributed by atoms with Gasteiger partial charge in [0.1, 0.15) is 0 Å². The maximum absolute atomic E-state index is 12.9. The Bertz CT molecular complexity index is 765. The second-order valence-electron chi connectivity index (χ2n) is 9.45. The number of hydrogen-bond acceptors (Lipinski definition) is 5. The summed E-state index contributed by atoms with van der Waals surface area (Å²) in [4.78, 5) is 27.0. The highest BCUT2D eigenvalue weighted by atomic mass is 16.5. The lowest BCUT2D eigenvalue weighted by molar-refractivity contribution is -0.133. The van der Waals surface area contributed by atoms with Crippen LogP contribution in [0.15, 0.2) is 6.20 Å². The second kappa shape index (κ2) is 5.90. The SMILES string of the molecule is CC1CCN(c2ncc3c(n2)CC2CN(C(=O)C4[C@H]5COC[C@@H]45)CC32)CC1. The zero-order valence-corrected chi connectivity index (χ0v) is 16.0. The molecule has 3 aliphatic heterocycles. The van der Waals surface area contributed by atoms with Gasteiger partial charge in [-0.3, -0.25) is 4.79 Å². The first kappa shape index (κ1) is 16.3. The molecule has 6 heteroatoms. The summed E-state index contributed by atoms with van der Waals surface area (Å²) in [6.45, 7) is 7.81. The topological polar surface area (TPSA) is 58.6 Å². The van der Waals surface area contributed by atoms with Crippen molar-refractivity contribution in [1.82, 2.24) is 14.9 Å². The van der Waals surface area contributed by atoms with Crippen molar-refractivity contribution in [2.45, 2.75) is 32.1 Å². The molecule has 0 bridgehead atoms. The summed E-state index contributed by atoms with van der Waals surface area (Å²) < 4.78 is 5.45. The van der Waals surface area contributed by atoms with Gasteiger partial charge in [0.05, 0.1) is 13.2 Å². The molecule has 6 rings (SSSR count). The summed E-state index contributed by atoms with van der Waals surface area (Å²) in [5.74, 6) is 4.34. The molecular weight excluding hydrogens is 340 g/mol. The zero-order valence-electron chi connectivity index (χ0n) is 16.0. The van der Waals surface area contributed by atoms with Gasteiger partial charge in [-0.2, -0.15) is 0 Å². The molecule has 1 aromatic heterocycles. The van der Waals surface area contributed by atoms with Gasteiger partial charge in [0, 0.05) is 49.9 Å². The molecule has 1 aromatic rings. The molecule has 27 heavy (non-hydrogen) atoms. The fraction of sp³-hybridized carbons (Fsp3) is 0.762. The molecule has 3 unspecified atom stereocenters. The molecule has 5 aliphatic rings. The monoisotopic (exact) mass is 368 g/mol. The quantitative estimate of drug-likeness (QED) is 0.795. The molecule has 1 saturated carbocycles. The van der Waals surface area contributed by atoms with Crippen LogP contribution in [0.25, 0.3) is 0 Å². The largest absolute Gasteiger partial charge is 0.381 e. The van der Waals surface area contributed by atoms with Crippen LogP contribution >= 0.6 is 0 Å². The number of hydrogen-bond donors (Lipinski definition) is 0. The van der Waals surface area contributed by atoms with Crippen LogP contribution in [0.5, 0.6) is 0 Å². The number of rotatable bonds is 2. The van der Waals surface area contributed by atoms with E-state index in [0.29, 0.717) is 29.6 Å². The van der Waals surface area contributed by atoms with Crippen LogP contribution in [-0.2, 0) is 16.0 Å². The Morgan fingerprint density at radius 3 is 2.74 bits per heavy atom. The minimum atomic E-state index is 0.247. The molecule has 144 valence electrons. The van der Waals surface area contributed by atoms with Crippen LogP contribution in [0.2, 0.25) is 0 Å². The summed E-state index contributed by atoms with van der Waals surface area (Å²) in [6.07, 6.45) is 5.53. The Morgan fingerprint density at radius 1 is 1.19 bits per heavy atom. The molecule has 4 fully saturated rings. The first-order valence-corrected chi connectivity index (χ1v) is 10.7. The highest BCUT2D eigenvalue weighted by Gasteiger charge is 2.60. The predicted molar refractivity (Wildman–Crippen MR) is 100 cm³/mol. The van der Waals surface area contributed by atoms with Crippen molar-refractivity contribution >= 4 is 11.9 Å². The van der Waals surface area contributed by atoms with Crippen molar-refractivity contribution in [3.8, 4) is 0 Å². The molecule has 0 spiro atoms. The molecule has 1 amide bonds. The van der Waals surface area contributed by atoms with Crippen LogP contribution in [0.4, 0.5) is 5.95 Å². The van der Waals surface area contributed by atoms with Crippen molar-refractivity contribution in [3.63, 3.8) is 0 Å². The number of anilines is 1. The normalized spacial score (nSPS) is 37.3. The summed E-state index contributed by atoms with van der Waals surface area (Å²) in [7, 11) is 0. The lowest BCUT2D eigenvalue weighted by Crippen LogP contribution is -2.34. The second-order valence-corrected chi connectivity index (χ2v) is 9.45. The van der Waals surface area contributed by atoms with Crippen LogP contribution in [0.3, 0.4) is 0 Å². The average Bonchev–Trinajstić information content (AvgIpc) is 3.04. The number of piperidine rings is 1. The first-order chi connectivity index (χ1) is 13.2. The van der Waals surface area contributed by atoms with Crippen LogP contribution in [-0.4, -0.2) is 60.2 Å². The van der Waals surface area contributed by atoms with E-state index in [0.717, 1.165) is 57.7 Å². The highest BCUT2D eigenvalue weighted by molar-refractivity contribution is 5.83. The average molecular weight is 368 g/mol. The lowest BCUT2D eigenvalue weighted by atomic mass is 9.97. The Labute approximate surface area is 160 Å². The van der Waals surface area contributed by atoms with E-state index >= 15 is 0 Å². The van der Waals surface area contributed by atoms with Gasteiger partial charge in [-0.05, 0) is 48.5 Å². The van der Waals surface area contributed by atoms with E-state index in [1.807, 2.05) is 0 Å². The fourth-order valence-electron chi connectivity index (χ4n) is 5.93. The summed E-state index contributed by atoms with van der Waals surface area (Å²) >= 11 is 0. The van der Waals surface area contributed by atoms with E-state index < -0.39 is 0 Å². The third-order valence-electron chi connectivity index (χ3n) is 7.80. The molecule has 0 aromatic carbocycles. The molecule has 4 heterocycles. The van der Waals surface area contributed by atoms with Gasteiger partial charge < -0.3 is 14.5 Å². The number of carbonyl (C=O) groups excluding carboxylic acids is 1. The number of amides is 1.